The molecule has 1 fully saturated rings. The van der Waals surface area contributed by atoms with Crippen LogP contribution in [0.3, 0.4) is 0 Å². The van der Waals surface area contributed by atoms with Crippen LogP contribution in [0.1, 0.15) is 75.0 Å². The van der Waals surface area contributed by atoms with Gasteiger partial charge in [0.05, 0.1) is 23.5 Å². The SMILES string of the molecule is CCOC(=O)c1cn(-c2ccc(C=Cc3cscn3)cc2)nc1N(C(=O)C1CCC(C)CC1)C(C)C. The highest BCUT2D eigenvalue weighted by atomic mass is 32.1. The Morgan fingerprint density at radius 1 is 1.17 bits per heavy atom. The standard InChI is InChI=1S/C28H34N4O3S/c1-5-35-28(34)25-16-31(24-14-9-21(10-15-24)8-13-23-17-36-18-29-23)30-26(25)32(19(2)3)27(33)22-11-6-20(4)7-12-22/h8-10,13-20,22H,5-7,11-12H2,1-4H3. The van der Waals surface area contributed by atoms with Crippen LogP contribution in [-0.4, -0.2) is 39.3 Å². The van der Waals surface area contributed by atoms with Crippen molar-refractivity contribution in [2.45, 2.75) is 59.4 Å². The average molecular weight is 507 g/mol. The summed E-state index contributed by atoms with van der Waals surface area (Å²) in [6, 6.07) is 7.70. The lowest BCUT2D eigenvalue weighted by Gasteiger charge is -2.32. The number of rotatable bonds is 8. The van der Waals surface area contributed by atoms with E-state index < -0.39 is 5.97 Å². The summed E-state index contributed by atoms with van der Waals surface area (Å²) in [5, 5.41) is 6.74. The largest absolute Gasteiger partial charge is 0.462 e. The Bertz CT molecular complexity index is 1190. The van der Waals surface area contributed by atoms with Gasteiger partial charge in [-0.1, -0.05) is 25.1 Å². The highest BCUT2D eigenvalue weighted by molar-refractivity contribution is 7.07. The van der Waals surface area contributed by atoms with Gasteiger partial charge in [-0.05, 0) is 76.1 Å². The number of carbonyl (C=O) groups excluding carboxylic acids is 2. The fourth-order valence-electron chi connectivity index (χ4n) is 4.56. The minimum Gasteiger partial charge on any atom is -0.462 e. The number of benzene rings is 1. The van der Waals surface area contributed by atoms with Crippen LogP contribution >= 0.6 is 11.3 Å². The zero-order valence-electron chi connectivity index (χ0n) is 21.4. The number of hydrogen-bond donors (Lipinski definition) is 0. The molecule has 1 aromatic carbocycles. The first kappa shape index (κ1) is 25.8. The van der Waals surface area contributed by atoms with E-state index in [1.165, 1.54) is 0 Å². The van der Waals surface area contributed by atoms with E-state index in [4.69, 9.17) is 9.84 Å². The Kier molecular flexibility index (Phi) is 8.36. The first-order valence-electron chi connectivity index (χ1n) is 12.6. The van der Waals surface area contributed by atoms with Gasteiger partial charge in [0, 0.05) is 23.5 Å². The molecule has 0 atom stereocenters. The number of anilines is 1. The fraction of sp³-hybridized carbons (Fsp3) is 0.429. The van der Waals surface area contributed by atoms with E-state index in [2.05, 4.69) is 11.9 Å². The summed E-state index contributed by atoms with van der Waals surface area (Å²) < 4.78 is 6.98. The molecule has 0 unspecified atom stereocenters. The van der Waals surface area contributed by atoms with Gasteiger partial charge in [0.15, 0.2) is 5.82 Å². The normalized spacial score (nSPS) is 18.0. The van der Waals surface area contributed by atoms with Crippen molar-refractivity contribution >= 4 is 41.2 Å². The zero-order chi connectivity index (χ0) is 25.7. The van der Waals surface area contributed by atoms with Crippen LogP contribution in [0.5, 0.6) is 0 Å². The van der Waals surface area contributed by atoms with Gasteiger partial charge in [0.2, 0.25) is 5.91 Å². The summed E-state index contributed by atoms with van der Waals surface area (Å²) in [5.74, 6) is 0.523. The van der Waals surface area contributed by atoms with Gasteiger partial charge in [-0.3, -0.25) is 9.69 Å². The summed E-state index contributed by atoms with van der Waals surface area (Å²) in [4.78, 5) is 32.5. The molecular weight excluding hydrogens is 472 g/mol. The van der Waals surface area contributed by atoms with Crippen molar-refractivity contribution in [2.75, 3.05) is 11.5 Å². The van der Waals surface area contributed by atoms with E-state index >= 15 is 0 Å². The van der Waals surface area contributed by atoms with E-state index in [0.29, 0.717) is 17.3 Å². The van der Waals surface area contributed by atoms with Gasteiger partial charge in [-0.2, -0.15) is 0 Å². The van der Waals surface area contributed by atoms with Crippen LogP contribution < -0.4 is 4.90 Å². The summed E-state index contributed by atoms with van der Waals surface area (Å²) in [7, 11) is 0. The van der Waals surface area contributed by atoms with E-state index in [1.807, 2.05) is 55.6 Å². The summed E-state index contributed by atoms with van der Waals surface area (Å²) in [6.07, 6.45) is 9.47. The maximum absolute atomic E-state index is 13.7. The Labute approximate surface area is 216 Å². The highest BCUT2D eigenvalue weighted by Gasteiger charge is 2.34. The average Bonchev–Trinajstić information content (AvgIpc) is 3.54. The Morgan fingerprint density at radius 3 is 2.50 bits per heavy atom. The summed E-state index contributed by atoms with van der Waals surface area (Å²) in [5.41, 5.74) is 4.84. The number of esters is 1. The minimum absolute atomic E-state index is 0.0372. The lowest BCUT2D eigenvalue weighted by molar-refractivity contribution is -0.124. The molecule has 36 heavy (non-hydrogen) atoms. The molecule has 1 aliphatic carbocycles. The minimum atomic E-state index is -0.475. The molecular formula is C28H34N4O3S. The number of hydrogen-bond acceptors (Lipinski definition) is 6. The van der Waals surface area contributed by atoms with Gasteiger partial charge in [-0.25, -0.2) is 14.5 Å². The number of aromatic nitrogens is 3. The van der Waals surface area contributed by atoms with Crippen LogP contribution in [0.2, 0.25) is 0 Å². The Balaban J connectivity index is 1.65. The third kappa shape index (κ3) is 5.93. The molecule has 0 radical (unpaired) electrons. The van der Waals surface area contributed by atoms with Gasteiger partial charge in [0.25, 0.3) is 0 Å². The predicted octanol–water partition coefficient (Wildman–Crippen LogP) is 6.24. The Hall–Kier alpha value is -3.26. The van der Waals surface area contributed by atoms with E-state index in [-0.39, 0.29) is 24.5 Å². The van der Waals surface area contributed by atoms with Crippen molar-refractivity contribution in [3.8, 4) is 5.69 Å². The van der Waals surface area contributed by atoms with Crippen LogP contribution in [-0.2, 0) is 9.53 Å². The predicted molar refractivity (Wildman–Crippen MR) is 144 cm³/mol. The van der Waals surface area contributed by atoms with Crippen LogP contribution in [0, 0.1) is 11.8 Å². The van der Waals surface area contributed by atoms with Gasteiger partial charge in [-0.15, -0.1) is 16.4 Å². The molecule has 0 aliphatic heterocycles. The van der Waals surface area contributed by atoms with Gasteiger partial charge in [0.1, 0.15) is 5.56 Å². The molecule has 1 saturated carbocycles. The molecule has 2 aromatic heterocycles. The third-order valence-electron chi connectivity index (χ3n) is 6.59. The molecule has 0 spiro atoms. The smallest absolute Gasteiger partial charge is 0.343 e. The quantitative estimate of drug-likeness (QED) is 0.338. The van der Waals surface area contributed by atoms with Crippen LogP contribution in [0.25, 0.3) is 17.8 Å². The first-order chi connectivity index (χ1) is 17.4. The molecule has 7 nitrogen and oxygen atoms in total. The van der Waals surface area contributed by atoms with Crippen molar-refractivity contribution in [3.05, 3.63) is 58.2 Å². The van der Waals surface area contributed by atoms with Crippen molar-refractivity contribution in [3.63, 3.8) is 0 Å². The summed E-state index contributed by atoms with van der Waals surface area (Å²) in [6.45, 7) is 8.18. The topological polar surface area (TPSA) is 77.3 Å². The fourth-order valence-corrected chi connectivity index (χ4v) is 5.08. The lowest BCUT2D eigenvalue weighted by atomic mass is 9.82. The highest BCUT2D eigenvalue weighted by Crippen LogP contribution is 2.33. The van der Waals surface area contributed by atoms with Gasteiger partial charge >= 0.3 is 5.97 Å². The van der Waals surface area contributed by atoms with Crippen molar-refractivity contribution in [1.82, 2.24) is 14.8 Å². The van der Waals surface area contributed by atoms with Gasteiger partial charge < -0.3 is 4.74 Å². The second-order valence-corrected chi connectivity index (χ2v) is 10.3. The number of ether oxygens (including phenoxy) is 1. The second-order valence-electron chi connectivity index (χ2n) is 9.63. The maximum Gasteiger partial charge on any atom is 0.343 e. The van der Waals surface area contributed by atoms with Crippen molar-refractivity contribution < 1.29 is 14.3 Å². The van der Waals surface area contributed by atoms with E-state index in [1.54, 1.807) is 39.5 Å². The summed E-state index contributed by atoms with van der Waals surface area (Å²) >= 11 is 1.56. The first-order valence-corrected chi connectivity index (χ1v) is 13.6. The maximum atomic E-state index is 13.7. The molecule has 0 bridgehead atoms. The number of carbonyl (C=O) groups is 2. The third-order valence-corrected chi connectivity index (χ3v) is 7.20. The molecule has 0 N–H and O–H groups in total. The molecule has 4 rings (SSSR count). The second kappa shape index (κ2) is 11.6. The Morgan fingerprint density at radius 2 is 1.89 bits per heavy atom. The molecule has 190 valence electrons. The van der Waals surface area contributed by atoms with Crippen LogP contribution in [0.15, 0.2) is 41.4 Å². The molecule has 1 aliphatic rings. The molecule has 2 heterocycles. The number of thiazole rings is 1. The van der Waals surface area contributed by atoms with Crippen molar-refractivity contribution in [1.29, 1.82) is 0 Å². The monoisotopic (exact) mass is 506 g/mol. The molecule has 8 heteroatoms. The lowest BCUT2D eigenvalue weighted by Crippen LogP contribution is -2.43. The molecule has 3 aromatic rings. The molecule has 0 saturated heterocycles. The number of nitrogens with zero attached hydrogens (tertiary/aromatic N) is 4. The van der Waals surface area contributed by atoms with Crippen molar-refractivity contribution in [2.24, 2.45) is 11.8 Å². The van der Waals surface area contributed by atoms with E-state index in [9.17, 15) is 9.59 Å². The van der Waals surface area contributed by atoms with Crippen LogP contribution in [0.4, 0.5) is 5.82 Å². The zero-order valence-corrected chi connectivity index (χ0v) is 22.2. The molecule has 1 amide bonds. The number of amides is 1. The van der Waals surface area contributed by atoms with E-state index in [0.717, 1.165) is 42.6 Å².